The van der Waals surface area contributed by atoms with E-state index in [1.807, 2.05) is 30.3 Å². The molecule has 6 aromatic rings. The number of carbonyl (C=O) groups is 1. The Bertz CT molecular complexity index is 1820. The van der Waals surface area contributed by atoms with Gasteiger partial charge in [-0.1, -0.05) is 0 Å². The molecule has 0 saturated heterocycles. The van der Waals surface area contributed by atoms with Gasteiger partial charge in [0.2, 0.25) is 0 Å². The maximum absolute atomic E-state index is 15.1. The number of carbonyl (C=O) groups excluding carboxylic acids is 1. The predicted octanol–water partition coefficient (Wildman–Crippen LogP) is 8.37. The number of hydrogen-bond donors (Lipinski definition) is 1. The second-order valence-corrected chi connectivity index (χ2v) is 22.3. The van der Waals surface area contributed by atoms with Crippen LogP contribution >= 0.6 is 19.2 Å². The van der Waals surface area contributed by atoms with Gasteiger partial charge in [-0.25, -0.2) is 0 Å². The van der Waals surface area contributed by atoms with E-state index >= 15 is 4.57 Å². The van der Waals surface area contributed by atoms with E-state index in [0.29, 0.717) is 27.3 Å². The van der Waals surface area contributed by atoms with Gasteiger partial charge in [-0.15, -0.1) is 0 Å². The van der Waals surface area contributed by atoms with Crippen LogP contribution in [0.25, 0.3) is 0 Å². The van der Waals surface area contributed by atoms with E-state index < -0.39 is 26.6 Å². The molecule has 0 bridgehead atoms. The van der Waals surface area contributed by atoms with Crippen molar-refractivity contribution < 1.29 is 18.4 Å². The van der Waals surface area contributed by atoms with Gasteiger partial charge in [-0.2, -0.15) is 0 Å². The van der Waals surface area contributed by atoms with Gasteiger partial charge >= 0.3 is 291 Å². The van der Waals surface area contributed by atoms with Gasteiger partial charge in [-0.3, -0.25) is 0 Å². The summed E-state index contributed by atoms with van der Waals surface area (Å²) in [6.45, 7) is 0. The maximum atomic E-state index is 15.1. The number of rotatable bonds is 13. The zero-order valence-electron chi connectivity index (χ0n) is 26.2. The fraction of sp³-hybridized carbons (Fsp3) is 0.0750. The van der Waals surface area contributed by atoms with Crippen molar-refractivity contribution in [3.8, 4) is 11.5 Å². The predicted molar refractivity (Wildman–Crippen MR) is 197 cm³/mol. The number of nitrogens with one attached hydrogen (secondary N) is 1. The van der Waals surface area contributed by atoms with Gasteiger partial charge in [0.1, 0.15) is 0 Å². The Labute approximate surface area is 289 Å². The van der Waals surface area contributed by atoms with Crippen molar-refractivity contribution in [2.75, 3.05) is 0 Å². The number of benzene rings is 6. The van der Waals surface area contributed by atoms with Crippen molar-refractivity contribution in [3.63, 3.8) is 0 Å². The van der Waals surface area contributed by atoms with E-state index in [1.165, 1.54) is 13.2 Å². The zero-order chi connectivity index (χ0) is 33.2. The summed E-state index contributed by atoms with van der Waals surface area (Å²) in [5, 5.41) is 4.14. The molecule has 240 valence electrons. The summed E-state index contributed by atoms with van der Waals surface area (Å²) in [6.07, 6.45) is 0.187. The van der Waals surface area contributed by atoms with Crippen LogP contribution < -0.4 is 27.6 Å². The molecule has 1 N–H and O–H groups in total. The fourth-order valence-electron chi connectivity index (χ4n) is 6.03. The summed E-state index contributed by atoms with van der Waals surface area (Å²) in [5.41, 5.74) is 0.507. The second kappa shape index (κ2) is 15.6. The first-order valence-corrected chi connectivity index (χ1v) is 22.4. The minimum atomic E-state index is -4.18. The van der Waals surface area contributed by atoms with E-state index in [-0.39, 0.29) is 12.3 Å². The van der Waals surface area contributed by atoms with Crippen LogP contribution in [-0.4, -0.2) is 19.2 Å². The van der Waals surface area contributed by atoms with Gasteiger partial charge in [0.05, 0.1) is 0 Å². The van der Waals surface area contributed by atoms with Crippen molar-refractivity contribution in [1.29, 1.82) is 0 Å². The van der Waals surface area contributed by atoms with Crippen molar-refractivity contribution in [2.24, 2.45) is 0 Å². The monoisotopic (exact) mass is 733 g/mol. The third-order valence-electron chi connectivity index (χ3n) is 8.26. The molecule has 6 aromatic carbocycles. The SMILES string of the molecule is O=C(C[CH2][Ge]([c]1ccccc1)([c]1ccccc1)[c]1ccccc1)NC(c1cccc(Cl)c1)P(=O)(Oc1ccccc1)Oc1ccccc1. The van der Waals surface area contributed by atoms with Crippen LogP contribution in [0.4, 0.5) is 0 Å². The Morgan fingerprint density at radius 3 is 1.44 bits per heavy atom. The molecule has 1 amide bonds. The molecule has 0 aliphatic heterocycles. The Hall–Kier alpha value is -4.55. The molecule has 0 aliphatic carbocycles. The summed E-state index contributed by atoms with van der Waals surface area (Å²) in [4.78, 5) is 14.3. The average molecular weight is 733 g/mol. The zero-order valence-corrected chi connectivity index (χ0v) is 29.9. The van der Waals surface area contributed by atoms with Crippen LogP contribution in [0.3, 0.4) is 0 Å². The number of para-hydroxylation sites is 2. The van der Waals surface area contributed by atoms with Crippen LogP contribution in [0.2, 0.25) is 10.3 Å². The Balaban J connectivity index is 1.39. The van der Waals surface area contributed by atoms with Crippen molar-refractivity contribution in [3.05, 3.63) is 187 Å². The third kappa shape index (κ3) is 7.77. The standard InChI is InChI=1S/C40H35ClGeNO4P/c41-33-18-16-17-32(31-33)40(48(45,46-37-25-12-4-13-26-37)47-38-27-14-5-15-28-38)43-39(44)29-30-42(34-19-6-1-7-20-34,35-21-8-2-9-22-35)36-23-10-3-11-24-36/h1-28,31,40H,29-30H2,(H,43,44). The molecule has 0 saturated carbocycles. The van der Waals surface area contributed by atoms with E-state index in [1.54, 1.807) is 72.8 Å². The van der Waals surface area contributed by atoms with Crippen molar-refractivity contribution >= 4 is 51.6 Å². The van der Waals surface area contributed by atoms with E-state index in [9.17, 15) is 4.79 Å². The van der Waals surface area contributed by atoms with Crippen LogP contribution in [0.15, 0.2) is 176 Å². The van der Waals surface area contributed by atoms with Crippen molar-refractivity contribution in [2.45, 2.75) is 17.5 Å². The van der Waals surface area contributed by atoms with E-state index in [2.05, 4.69) is 78.1 Å². The molecule has 0 aliphatic rings. The topological polar surface area (TPSA) is 64.6 Å². The molecule has 0 radical (unpaired) electrons. The van der Waals surface area contributed by atoms with Gasteiger partial charge in [0, 0.05) is 0 Å². The average Bonchev–Trinajstić information content (AvgIpc) is 3.13. The summed E-state index contributed by atoms with van der Waals surface area (Å²) >= 11 is 3.01. The molecule has 8 heteroatoms. The number of halogens is 1. The molecule has 0 spiro atoms. The van der Waals surface area contributed by atoms with Crippen LogP contribution in [0.5, 0.6) is 11.5 Å². The Morgan fingerprint density at radius 1 is 0.604 bits per heavy atom. The molecular weight excluding hydrogens is 697 g/mol. The second-order valence-electron chi connectivity index (χ2n) is 11.4. The molecule has 1 unspecified atom stereocenters. The van der Waals surface area contributed by atoms with Gasteiger partial charge in [0.15, 0.2) is 0 Å². The molecule has 0 heterocycles. The van der Waals surface area contributed by atoms with Gasteiger partial charge in [-0.05, 0) is 0 Å². The van der Waals surface area contributed by atoms with Crippen LogP contribution in [-0.2, 0) is 9.36 Å². The third-order valence-corrected chi connectivity index (χ3v) is 20.9. The van der Waals surface area contributed by atoms with E-state index in [4.69, 9.17) is 20.6 Å². The first-order chi connectivity index (χ1) is 23.5. The molecule has 1 atom stereocenters. The van der Waals surface area contributed by atoms with Gasteiger partial charge < -0.3 is 0 Å². The number of amides is 1. The molecule has 0 aromatic heterocycles. The molecule has 0 fully saturated rings. The molecule has 6 rings (SSSR count). The Kier molecular flexibility index (Phi) is 10.8. The summed E-state index contributed by atoms with van der Waals surface area (Å²) < 4.78 is 31.2. The minimum absolute atomic E-state index is 0.187. The number of hydrogen-bond acceptors (Lipinski definition) is 4. The first kappa shape index (κ1) is 33.4. The molecular formula is C40H35ClGeNO4P. The van der Waals surface area contributed by atoms with Crippen LogP contribution in [0.1, 0.15) is 17.8 Å². The normalized spacial score (nSPS) is 12.1. The quantitative estimate of drug-likeness (QED) is 0.0958. The Morgan fingerprint density at radius 2 is 1.02 bits per heavy atom. The summed E-state index contributed by atoms with van der Waals surface area (Å²) in [6, 6.07) is 56.2. The summed E-state index contributed by atoms with van der Waals surface area (Å²) in [5.74, 6) is -0.726. The summed E-state index contributed by atoms with van der Waals surface area (Å²) in [7, 11) is -4.18. The first-order valence-electron chi connectivity index (χ1n) is 15.8. The van der Waals surface area contributed by atoms with Gasteiger partial charge in [0.25, 0.3) is 0 Å². The fourth-order valence-corrected chi connectivity index (χ4v) is 18.1. The molecule has 5 nitrogen and oxygen atoms in total. The van der Waals surface area contributed by atoms with Crippen LogP contribution in [0, 0.1) is 0 Å². The van der Waals surface area contributed by atoms with Crippen molar-refractivity contribution in [1.82, 2.24) is 5.32 Å². The molecule has 48 heavy (non-hydrogen) atoms. The van der Waals surface area contributed by atoms with E-state index in [0.717, 1.165) is 0 Å².